The van der Waals surface area contributed by atoms with Gasteiger partial charge in [-0.3, -0.25) is 0 Å². The first-order chi connectivity index (χ1) is 15.0. The Kier molecular flexibility index (Phi) is 9.99. The molecule has 1 atom stereocenters. The van der Waals surface area contributed by atoms with Gasteiger partial charge in [-0.05, 0) is 67.1 Å². The zero-order chi connectivity index (χ0) is 22.1. The van der Waals surface area contributed by atoms with Crippen molar-refractivity contribution in [2.24, 2.45) is 0 Å². The van der Waals surface area contributed by atoms with Crippen LogP contribution in [-0.4, -0.2) is 46.4 Å². The summed E-state index contributed by atoms with van der Waals surface area (Å²) in [6, 6.07) is 22.6. The fourth-order valence-corrected chi connectivity index (χ4v) is 4.26. The van der Waals surface area contributed by atoms with Crippen LogP contribution >= 0.6 is 12.4 Å². The smallest absolute Gasteiger partial charge is 0.206 e. The molecule has 0 aliphatic rings. The summed E-state index contributed by atoms with van der Waals surface area (Å²) in [5.74, 6) is 1.34. The van der Waals surface area contributed by atoms with Gasteiger partial charge in [-0.25, -0.2) is 8.42 Å². The summed E-state index contributed by atoms with van der Waals surface area (Å²) in [7, 11) is -2.03. The molecule has 0 saturated heterocycles. The van der Waals surface area contributed by atoms with E-state index in [-0.39, 0.29) is 28.8 Å². The Balaban J connectivity index is 0.00000363. The molecule has 32 heavy (non-hydrogen) atoms. The predicted molar refractivity (Wildman–Crippen MR) is 127 cm³/mol. The van der Waals surface area contributed by atoms with E-state index in [0.717, 1.165) is 17.7 Å². The number of nitrogens with one attached hydrogen (secondary N) is 1. The highest BCUT2D eigenvalue weighted by atomic mass is 35.5. The Labute approximate surface area is 195 Å². The minimum atomic E-state index is -3.56. The number of para-hydroxylation sites is 1. The van der Waals surface area contributed by atoms with Gasteiger partial charge in [-0.1, -0.05) is 30.3 Å². The average molecular weight is 478 g/mol. The molecule has 0 saturated carbocycles. The number of hydrogen-bond acceptors (Lipinski definition) is 6. The van der Waals surface area contributed by atoms with Gasteiger partial charge in [-0.15, -0.1) is 12.4 Å². The van der Waals surface area contributed by atoms with Crippen LogP contribution in [0.25, 0.3) is 0 Å². The van der Waals surface area contributed by atoms with E-state index < -0.39 is 15.9 Å². The molecule has 0 aromatic heterocycles. The van der Waals surface area contributed by atoms with Crippen molar-refractivity contribution in [2.75, 3.05) is 26.8 Å². The molecule has 0 aliphatic carbocycles. The Morgan fingerprint density at radius 1 is 0.875 bits per heavy atom. The molecule has 0 aliphatic heterocycles. The molecule has 6 nitrogen and oxygen atoms in total. The fourth-order valence-electron chi connectivity index (χ4n) is 3.00. The maximum absolute atomic E-state index is 12.8. The molecule has 0 radical (unpaired) electrons. The molecule has 0 unspecified atom stereocenters. The molecular formula is C24H28ClNO5S. The molecule has 3 rings (SSSR count). The number of aliphatic hydroxyl groups is 1. The molecule has 8 heteroatoms. The molecule has 3 aromatic carbocycles. The number of aliphatic hydroxyl groups excluding tert-OH is 1. The number of rotatable bonds is 11. The molecule has 172 valence electrons. The summed E-state index contributed by atoms with van der Waals surface area (Å²) in [5, 5.41) is 13.2. The van der Waals surface area contributed by atoms with Crippen LogP contribution in [0.5, 0.6) is 11.5 Å². The minimum absolute atomic E-state index is 0. The van der Waals surface area contributed by atoms with Crippen molar-refractivity contribution < 1.29 is 23.0 Å². The second kappa shape index (κ2) is 12.5. The van der Waals surface area contributed by atoms with Crippen LogP contribution in [0, 0.1) is 0 Å². The van der Waals surface area contributed by atoms with Crippen LogP contribution in [-0.2, 0) is 16.3 Å². The number of hydrogen-bond donors (Lipinski definition) is 2. The van der Waals surface area contributed by atoms with Crippen molar-refractivity contribution in [3.63, 3.8) is 0 Å². The van der Waals surface area contributed by atoms with Gasteiger partial charge in [0.25, 0.3) is 0 Å². The van der Waals surface area contributed by atoms with Crippen LogP contribution in [0.4, 0.5) is 0 Å². The second-order valence-electron chi connectivity index (χ2n) is 7.05. The lowest BCUT2D eigenvalue weighted by molar-refractivity contribution is 0.106. The van der Waals surface area contributed by atoms with Gasteiger partial charge in [0.1, 0.15) is 24.2 Å². The summed E-state index contributed by atoms with van der Waals surface area (Å²) >= 11 is 0. The molecule has 0 amide bonds. The summed E-state index contributed by atoms with van der Waals surface area (Å²) in [4.78, 5) is 0.484. The summed E-state index contributed by atoms with van der Waals surface area (Å²) in [6.45, 7) is 1.29. The van der Waals surface area contributed by atoms with E-state index in [4.69, 9.17) is 9.47 Å². The number of halogens is 1. The van der Waals surface area contributed by atoms with E-state index in [9.17, 15) is 13.5 Å². The third-order valence-corrected chi connectivity index (χ3v) is 6.54. The summed E-state index contributed by atoms with van der Waals surface area (Å²) in [6.07, 6.45) is 0.104. The maximum atomic E-state index is 12.8. The van der Waals surface area contributed by atoms with Gasteiger partial charge >= 0.3 is 0 Å². The van der Waals surface area contributed by atoms with Crippen molar-refractivity contribution in [1.82, 2.24) is 5.32 Å². The molecule has 0 spiro atoms. The monoisotopic (exact) mass is 477 g/mol. The van der Waals surface area contributed by atoms with Gasteiger partial charge in [0.15, 0.2) is 0 Å². The average Bonchev–Trinajstić information content (AvgIpc) is 2.81. The van der Waals surface area contributed by atoms with Crippen molar-refractivity contribution in [1.29, 1.82) is 0 Å². The van der Waals surface area contributed by atoms with Gasteiger partial charge in [-0.2, -0.15) is 0 Å². The largest absolute Gasteiger partial charge is 0.497 e. The zero-order valence-corrected chi connectivity index (χ0v) is 19.4. The third kappa shape index (κ3) is 7.24. The Bertz CT molecular complexity index is 1040. The topological polar surface area (TPSA) is 84.9 Å². The van der Waals surface area contributed by atoms with E-state index in [1.165, 1.54) is 7.11 Å². The van der Waals surface area contributed by atoms with E-state index >= 15 is 0 Å². The Morgan fingerprint density at radius 2 is 1.47 bits per heavy atom. The van der Waals surface area contributed by atoms with Gasteiger partial charge in [0, 0.05) is 6.54 Å². The predicted octanol–water partition coefficient (Wildman–Crippen LogP) is 3.52. The van der Waals surface area contributed by atoms with Crippen LogP contribution in [0.1, 0.15) is 5.56 Å². The highest BCUT2D eigenvalue weighted by Gasteiger charge is 2.17. The summed E-state index contributed by atoms with van der Waals surface area (Å²) in [5.41, 5.74) is 1.01. The first kappa shape index (κ1) is 25.7. The normalized spacial score (nSPS) is 11.9. The van der Waals surface area contributed by atoms with Crippen molar-refractivity contribution in [3.8, 4) is 11.5 Å². The van der Waals surface area contributed by atoms with E-state index in [2.05, 4.69) is 5.32 Å². The van der Waals surface area contributed by atoms with Crippen LogP contribution in [0.15, 0.2) is 88.7 Å². The third-order valence-electron chi connectivity index (χ3n) is 4.76. The molecule has 0 bridgehead atoms. The van der Waals surface area contributed by atoms with E-state index in [1.807, 2.05) is 42.5 Å². The fraction of sp³-hybridized carbons (Fsp3) is 0.250. The first-order valence-electron chi connectivity index (χ1n) is 10.0. The highest BCUT2D eigenvalue weighted by Crippen LogP contribution is 2.23. The number of sulfone groups is 1. The van der Waals surface area contributed by atoms with Gasteiger partial charge in [0.05, 0.1) is 16.9 Å². The highest BCUT2D eigenvalue weighted by molar-refractivity contribution is 7.91. The molecular weight excluding hydrogens is 450 g/mol. The maximum Gasteiger partial charge on any atom is 0.206 e. The standard InChI is InChI=1S/C24H27NO5S.ClH/c1-29-21-9-13-24(14-10-21)31(27,28)23-11-7-19(8-12-23)15-16-25-17-20(26)18-30-22-5-3-2-4-6-22;/h2-14,20,25-26H,15-18H2,1H3;1H/t20-;/m0./s1. The lowest BCUT2D eigenvalue weighted by atomic mass is 10.1. The van der Waals surface area contributed by atoms with E-state index in [1.54, 1.807) is 36.4 Å². The van der Waals surface area contributed by atoms with Crippen LogP contribution < -0.4 is 14.8 Å². The van der Waals surface area contributed by atoms with Gasteiger partial charge < -0.3 is 19.9 Å². The molecule has 3 aromatic rings. The lowest BCUT2D eigenvalue weighted by Crippen LogP contribution is -2.32. The number of ether oxygens (including phenoxy) is 2. The first-order valence-corrected chi connectivity index (χ1v) is 11.5. The van der Waals surface area contributed by atoms with E-state index in [0.29, 0.717) is 18.8 Å². The van der Waals surface area contributed by atoms with Crippen LogP contribution in [0.2, 0.25) is 0 Å². The van der Waals surface area contributed by atoms with Crippen molar-refractivity contribution in [2.45, 2.75) is 22.3 Å². The Hall–Kier alpha value is -2.58. The number of methoxy groups -OCH3 is 1. The zero-order valence-electron chi connectivity index (χ0n) is 17.8. The van der Waals surface area contributed by atoms with Crippen molar-refractivity contribution in [3.05, 3.63) is 84.4 Å². The minimum Gasteiger partial charge on any atom is -0.497 e. The Morgan fingerprint density at radius 3 is 2.06 bits per heavy atom. The van der Waals surface area contributed by atoms with Gasteiger partial charge in [0.2, 0.25) is 9.84 Å². The number of benzene rings is 3. The molecule has 0 fully saturated rings. The second-order valence-corrected chi connectivity index (χ2v) is 9.00. The summed E-state index contributed by atoms with van der Waals surface area (Å²) < 4.78 is 36.1. The molecule has 0 heterocycles. The SMILES string of the molecule is COc1ccc(S(=O)(=O)c2ccc(CCNC[C@H](O)COc3ccccc3)cc2)cc1.Cl. The van der Waals surface area contributed by atoms with Crippen molar-refractivity contribution >= 4 is 22.2 Å². The lowest BCUT2D eigenvalue weighted by Gasteiger charge is -2.13. The molecule has 2 N–H and O–H groups in total. The van der Waals surface area contributed by atoms with Crippen LogP contribution in [0.3, 0.4) is 0 Å². The quantitative estimate of drug-likeness (QED) is 0.411.